The number of nitrogens with zero attached hydrogens (tertiary/aromatic N) is 1. The Kier molecular flexibility index (Phi) is 4.13. The van der Waals surface area contributed by atoms with E-state index in [1.165, 1.54) is 23.1 Å². The molecule has 2 N–H and O–H groups in total. The molecule has 108 valence electrons. The Labute approximate surface area is 120 Å². The molecule has 1 aliphatic rings. The number of hydrogen-bond acceptors (Lipinski definition) is 2. The number of carbonyl (C=O) groups is 2. The van der Waals surface area contributed by atoms with Gasteiger partial charge in [0.2, 0.25) is 0 Å². The van der Waals surface area contributed by atoms with Crippen LogP contribution in [0.25, 0.3) is 0 Å². The summed E-state index contributed by atoms with van der Waals surface area (Å²) in [6.45, 7) is 2.21. The van der Waals surface area contributed by atoms with Crippen LogP contribution in [0.5, 0.6) is 0 Å². The van der Waals surface area contributed by atoms with Crippen LogP contribution in [-0.4, -0.2) is 35.1 Å². The number of carboxylic acid groups (broad SMARTS) is 1. The molecule has 0 spiro atoms. The summed E-state index contributed by atoms with van der Waals surface area (Å²) in [5, 5.41) is 11.3. The molecule has 2 rings (SSSR count). The third-order valence-electron chi connectivity index (χ3n) is 3.41. The topological polar surface area (TPSA) is 69.6 Å². The first-order chi connectivity index (χ1) is 9.40. The quantitative estimate of drug-likeness (QED) is 0.882. The van der Waals surface area contributed by atoms with E-state index >= 15 is 0 Å². The number of anilines is 1. The van der Waals surface area contributed by atoms with Crippen LogP contribution in [0.3, 0.4) is 0 Å². The van der Waals surface area contributed by atoms with Crippen LogP contribution in [0.4, 0.5) is 14.9 Å². The van der Waals surface area contributed by atoms with Crippen molar-refractivity contribution in [1.29, 1.82) is 0 Å². The summed E-state index contributed by atoms with van der Waals surface area (Å²) in [4.78, 5) is 24.4. The maximum atomic E-state index is 13.7. The highest BCUT2D eigenvalue weighted by atomic mass is 35.5. The molecular weight excluding hydrogens is 287 g/mol. The van der Waals surface area contributed by atoms with E-state index in [4.69, 9.17) is 16.7 Å². The molecule has 1 saturated heterocycles. The zero-order chi connectivity index (χ0) is 14.9. The summed E-state index contributed by atoms with van der Waals surface area (Å²) in [5.74, 6) is -2.36. The number of likely N-dealkylation sites (tertiary alicyclic amines) is 1. The van der Waals surface area contributed by atoms with Gasteiger partial charge in [0.1, 0.15) is 0 Å². The highest BCUT2D eigenvalue weighted by Crippen LogP contribution is 2.26. The van der Waals surface area contributed by atoms with E-state index < -0.39 is 23.7 Å². The zero-order valence-electron chi connectivity index (χ0n) is 10.8. The standard InChI is InChI=1S/C13H14ClFN2O3/c1-7-5-17(6-8(7)12(18)19)13(20)16-10-4-2-3-9(14)11(10)15/h2-4,7-8H,5-6H2,1H3,(H,16,20)(H,18,19). The molecule has 2 unspecified atom stereocenters. The number of nitrogens with one attached hydrogen (secondary N) is 1. The highest BCUT2D eigenvalue weighted by Gasteiger charge is 2.37. The SMILES string of the molecule is CC1CN(C(=O)Nc2cccc(Cl)c2F)CC1C(=O)O. The maximum absolute atomic E-state index is 13.7. The first-order valence-corrected chi connectivity index (χ1v) is 6.50. The molecule has 1 fully saturated rings. The van der Waals surface area contributed by atoms with E-state index in [0.717, 1.165) is 0 Å². The molecule has 1 aromatic rings. The molecule has 1 aliphatic heterocycles. The van der Waals surface area contributed by atoms with E-state index in [1.54, 1.807) is 6.92 Å². The van der Waals surface area contributed by atoms with Gasteiger partial charge in [-0.2, -0.15) is 0 Å². The molecule has 0 aromatic heterocycles. The van der Waals surface area contributed by atoms with Gasteiger partial charge in [0.05, 0.1) is 16.6 Å². The largest absolute Gasteiger partial charge is 0.481 e. The first kappa shape index (κ1) is 14.6. The normalized spacial score (nSPS) is 21.9. The van der Waals surface area contributed by atoms with Gasteiger partial charge in [-0.3, -0.25) is 4.79 Å². The second-order valence-electron chi connectivity index (χ2n) is 4.86. The Bertz CT molecular complexity index is 552. The van der Waals surface area contributed by atoms with Gasteiger partial charge in [0.25, 0.3) is 0 Å². The highest BCUT2D eigenvalue weighted by molar-refractivity contribution is 6.31. The Hall–Kier alpha value is -1.82. The fourth-order valence-electron chi connectivity index (χ4n) is 2.25. The fourth-order valence-corrected chi connectivity index (χ4v) is 2.42. The lowest BCUT2D eigenvalue weighted by molar-refractivity contribution is -0.142. The van der Waals surface area contributed by atoms with Crippen molar-refractivity contribution in [2.45, 2.75) is 6.92 Å². The van der Waals surface area contributed by atoms with Gasteiger partial charge in [-0.15, -0.1) is 0 Å². The summed E-state index contributed by atoms with van der Waals surface area (Å²) < 4.78 is 13.7. The van der Waals surface area contributed by atoms with Crippen molar-refractivity contribution in [3.8, 4) is 0 Å². The molecule has 0 aliphatic carbocycles. The van der Waals surface area contributed by atoms with Crippen LogP contribution >= 0.6 is 11.6 Å². The number of amides is 2. The van der Waals surface area contributed by atoms with Crippen molar-refractivity contribution >= 4 is 29.3 Å². The van der Waals surface area contributed by atoms with Crippen LogP contribution in [-0.2, 0) is 4.79 Å². The second kappa shape index (κ2) is 5.66. The second-order valence-corrected chi connectivity index (χ2v) is 5.27. The Balaban J connectivity index is 2.06. The van der Waals surface area contributed by atoms with Crippen molar-refractivity contribution in [1.82, 2.24) is 4.90 Å². The summed E-state index contributed by atoms with van der Waals surface area (Å²) in [7, 11) is 0. The summed E-state index contributed by atoms with van der Waals surface area (Å²) in [6.07, 6.45) is 0. The number of halogens is 2. The third kappa shape index (κ3) is 2.85. The van der Waals surface area contributed by atoms with E-state index in [0.29, 0.717) is 6.54 Å². The summed E-state index contributed by atoms with van der Waals surface area (Å²) >= 11 is 5.63. The van der Waals surface area contributed by atoms with Crippen LogP contribution in [0.1, 0.15) is 6.92 Å². The predicted molar refractivity (Wildman–Crippen MR) is 72.3 cm³/mol. The first-order valence-electron chi connectivity index (χ1n) is 6.13. The molecule has 1 heterocycles. The minimum absolute atomic E-state index is 0.0195. The van der Waals surface area contributed by atoms with Crippen LogP contribution in [0.15, 0.2) is 18.2 Å². The number of aliphatic carboxylic acids is 1. The summed E-state index contributed by atoms with van der Waals surface area (Å²) in [6, 6.07) is 3.77. The molecule has 20 heavy (non-hydrogen) atoms. The average molecular weight is 301 g/mol. The van der Waals surface area contributed by atoms with Gasteiger partial charge in [-0.25, -0.2) is 9.18 Å². The lowest BCUT2D eigenvalue weighted by atomic mass is 9.99. The smallest absolute Gasteiger partial charge is 0.321 e. The predicted octanol–water partition coefficient (Wildman–Crippen LogP) is 2.66. The number of benzene rings is 1. The minimum atomic E-state index is -0.929. The van der Waals surface area contributed by atoms with E-state index in [2.05, 4.69) is 5.32 Å². The van der Waals surface area contributed by atoms with Crippen molar-refractivity contribution in [3.63, 3.8) is 0 Å². The number of urea groups is 1. The lowest BCUT2D eigenvalue weighted by Gasteiger charge is -2.17. The average Bonchev–Trinajstić information content (AvgIpc) is 2.77. The molecule has 2 amide bonds. The molecule has 0 radical (unpaired) electrons. The van der Waals surface area contributed by atoms with Gasteiger partial charge in [-0.1, -0.05) is 24.6 Å². The third-order valence-corrected chi connectivity index (χ3v) is 3.70. The van der Waals surface area contributed by atoms with Gasteiger partial charge in [-0.05, 0) is 18.1 Å². The Morgan fingerprint density at radius 2 is 2.15 bits per heavy atom. The molecule has 2 atom stereocenters. The maximum Gasteiger partial charge on any atom is 0.321 e. The van der Waals surface area contributed by atoms with Gasteiger partial charge < -0.3 is 15.3 Å². The zero-order valence-corrected chi connectivity index (χ0v) is 11.5. The van der Waals surface area contributed by atoms with Crippen LogP contribution < -0.4 is 5.32 Å². The molecule has 5 nitrogen and oxygen atoms in total. The number of rotatable bonds is 2. The summed E-state index contributed by atoms with van der Waals surface area (Å²) in [5.41, 5.74) is -0.0195. The molecule has 1 aromatic carbocycles. The van der Waals surface area contributed by atoms with Gasteiger partial charge in [0, 0.05) is 13.1 Å². The minimum Gasteiger partial charge on any atom is -0.481 e. The fraction of sp³-hybridized carbons (Fsp3) is 0.385. The molecule has 0 bridgehead atoms. The number of carboxylic acids is 1. The lowest BCUT2D eigenvalue weighted by Crippen LogP contribution is -2.34. The molecule has 0 saturated carbocycles. The van der Waals surface area contributed by atoms with Crippen molar-refractivity contribution < 1.29 is 19.1 Å². The number of carbonyl (C=O) groups excluding carboxylic acids is 1. The van der Waals surface area contributed by atoms with Crippen molar-refractivity contribution in [2.75, 3.05) is 18.4 Å². The molecule has 7 heteroatoms. The van der Waals surface area contributed by atoms with Gasteiger partial charge >= 0.3 is 12.0 Å². The monoisotopic (exact) mass is 300 g/mol. The Morgan fingerprint density at radius 1 is 1.45 bits per heavy atom. The molecular formula is C13H14ClFN2O3. The van der Waals surface area contributed by atoms with E-state index in [1.807, 2.05) is 0 Å². The van der Waals surface area contributed by atoms with E-state index in [-0.39, 0.29) is 23.2 Å². The van der Waals surface area contributed by atoms with E-state index in [9.17, 15) is 14.0 Å². The van der Waals surface area contributed by atoms with Crippen LogP contribution in [0, 0.1) is 17.7 Å². The van der Waals surface area contributed by atoms with Crippen molar-refractivity contribution in [2.24, 2.45) is 11.8 Å². The van der Waals surface area contributed by atoms with Crippen molar-refractivity contribution in [3.05, 3.63) is 29.0 Å². The van der Waals surface area contributed by atoms with Crippen LogP contribution in [0.2, 0.25) is 5.02 Å². The number of hydrogen-bond donors (Lipinski definition) is 2. The van der Waals surface area contributed by atoms with Gasteiger partial charge in [0.15, 0.2) is 5.82 Å². The Morgan fingerprint density at radius 3 is 2.75 bits per heavy atom.